The van der Waals surface area contributed by atoms with Gasteiger partial charge in [-0.3, -0.25) is 0 Å². The van der Waals surface area contributed by atoms with Crippen molar-refractivity contribution in [3.8, 4) is 0 Å². The van der Waals surface area contributed by atoms with E-state index in [4.69, 9.17) is 10.5 Å². The van der Waals surface area contributed by atoms with Crippen LogP contribution in [-0.2, 0) is 4.74 Å². The van der Waals surface area contributed by atoms with Crippen LogP contribution in [0.15, 0.2) is 5.38 Å². The fourth-order valence-corrected chi connectivity index (χ4v) is 1.91. The van der Waals surface area contributed by atoms with Gasteiger partial charge in [0.25, 0.3) is 0 Å². The molecule has 0 saturated carbocycles. The Balaban J connectivity index is 2.62. The largest absolute Gasteiger partial charge is 0.444 e. The van der Waals surface area contributed by atoms with Gasteiger partial charge in [0.1, 0.15) is 5.60 Å². The van der Waals surface area contributed by atoms with Gasteiger partial charge in [-0.2, -0.15) is 0 Å². The van der Waals surface area contributed by atoms with E-state index < -0.39 is 11.7 Å². The average molecular weight is 257 g/mol. The number of amides is 1. The van der Waals surface area contributed by atoms with Crippen molar-refractivity contribution in [2.45, 2.75) is 39.3 Å². The standard InChI is InChI=1S/C11H19N3O2S/c1-7-13-9(6-17-7)8(5-12)14-10(15)16-11(2,3)4/h6,8H,5,12H2,1-4H3,(H,14,15). The Bertz CT molecular complexity index is 384. The van der Waals surface area contributed by atoms with Crippen LogP contribution < -0.4 is 11.1 Å². The molecule has 0 aromatic carbocycles. The number of hydrogen-bond acceptors (Lipinski definition) is 5. The molecule has 1 atom stereocenters. The predicted octanol–water partition coefficient (Wildman–Crippen LogP) is 1.98. The molecule has 1 heterocycles. The SMILES string of the molecule is Cc1nc(C(CN)NC(=O)OC(C)(C)C)cs1. The topological polar surface area (TPSA) is 77.2 Å². The molecular weight excluding hydrogens is 238 g/mol. The highest BCUT2D eigenvalue weighted by Gasteiger charge is 2.20. The van der Waals surface area contributed by atoms with E-state index in [9.17, 15) is 4.79 Å². The van der Waals surface area contributed by atoms with E-state index in [0.717, 1.165) is 10.7 Å². The number of aryl methyl sites for hydroxylation is 1. The minimum absolute atomic E-state index is 0.294. The van der Waals surface area contributed by atoms with Crippen LogP contribution in [-0.4, -0.2) is 23.2 Å². The zero-order valence-electron chi connectivity index (χ0n) is 10.6. The average Bonchev–Trinajstić information content (AvgIpc) is 2.58. The Hall–Kier alpha value is -1.14. The molecule has 0 radical (unpaired) electrons. The van der Waals surface area contributed by atoms with E-state index in [1.165, 1.54) is 11.3 Å². The molecule has 0 aliphatic heterocycles. The van der Waals surface area contributed by atoms with Gasteiger partial charge in [0.05, 0.1) is 16.7 Å². The zero-order valence-corrected chi connectivity index (χ0v) is 11.4. The van der Waals surface area contributed by atoms with Crippen molar-refractivity contribution in [1.29, 1.82) is 0 Å². The smallest absolute Gasteiger partial charge is 0.408 e. The van der Waals surface area contributed by atoms with Crippen molar-refractivity contribution in [3.05, 3.63) is 16.1 Å². The van der Waals surface area contributed by atoms with Crippen molar-refractivity contribution >= 4 is 17.4 Å². The highest BCUT2D eigenvalue weighted by atomic mass is 32.1. The second-order valence-electron chi connectivity index (χ2n) is 4.73. The van der Waals surface area contributed by atoms with Gasteiger partial charge >= 0.3 is 6.09 Å². The van der Waals surface area contributed by atoms with Crippen LogP contribution in [0.1, 0.15) is 37.5 Å². The minimum Gasteiger partial charge on any atom is -0.444 e. The molecule has 1 amide bonds. The van der Waals surface area contributed by atoms with Gasteiger partial charge in [0.15, 0.2) is 0 Å². The number of ether oxygens (including phenoxy) is 1. The number of nitrogens with zero attached hydrogens (tertiary/aromatic N) is 1. The Morgan fingerprint density at radius 2 is 2.29 bits per heavy atom. The van der Waals surface area contributed by atoms with Gasteiger partial charge in [-0.1, -0.05) is 0 Å². The zero-order chi connectivity index (χ0) is 13.1. The second-order valence-corrected chi connectivity index (χ2v) is 5.79. The lowest BCUT2D eigenvalue weighted by Crippen LogP contribution is -2.37. The van der Waals surface area contributed by atoms with Gasteiger partial charge in [0, 0.05) is 11.9 Å². The lowest BCUT2D eigenvalue weighted by atomic mass is 10.2. The summed E-state index contributed by atoms with van der Waals surface area (Å²) in [5, 5.41) is 5.55. The van der Waals surface area contributed by atoms with E-state index >= 15 is 0 Å². The van der Waals surface area contributed by atoms with E-state index in [2.05, 4.69) is 10.3 Å². The van der Waals surface area contributed by atoms with Crippen LogP contribution >= 0.6 is 11.3 Å². The summed E-state index contributed by atoms with van der Waals surface area (Å²) in [6.45, 7) is 7.66. The monoisotopic (exact) mass is 257 g/mol. The number of carbonyl (C=O) groups excluding carboxylic acids is 1. The summed E-state index contributed by atoms with van der Waals surface area (Å²) in [4.78, 5) is 15.9. The molecule has 5 nitrogen and oxygen atoms in total. The van der Waals surface area contributed by atoms with Crippen molar-refractivity contribution in [3.63, 3.8) is 0 Å². The molecule has 96 valence electrons. The van der Waals surface area contributed by atoms with Crippen molar-refractivity contribution in [2.75, 3.05) is 6.54 Å². The summed E-state index contributed by atoms with van der Waals surface area (Å²) in [6.07, 6.45) is -0.474. The summed E-state index contributed by atoms with van der Waals surface area (Å²) >= 11 is 1.53. The molecule has 0 fully saturated rings. The molecule has 17 heavy (non-hydrogen) atoms. The van der Waals surface area contributed by atoms with Crippen molar-refractivity contribution in [2.24, 2.45) is 5.73 Å². The third kappa shape index (κ3) is 4.70. The first-order chi connectivity index (χ1) is 7.81. The van der Waals surface area contributed by atoms with Gasteiger partial charge in [-0.15, -0.1) is 11.3 Å². The molecule has 6 heteroatoms. The maximum Gasteiger partial charge on any atom is 0.408 e. The number of hydrogen-bond donors (Lipinski definition) is 2. The van der Waals surface area contributed by atoms with Gasteiger partial charge in [0.2, 0.25) is 0 Å². The molecule has 3 N–H and O–H groups in total. The third-order valence-electron chi connectivity index (χ3n) is 1.92. The first-order valence-electron chi connectivity index (χ1n) is 5.43. The van der Waals surface area contributed by atoms with Crippen LogP contribution in [0.2, 0.25) is 0 Å². The van der Waals surface area contributed by atoms with Crippen LogP contribution in [0.3, 0.4) is 0 Å². The van der Waals surface area contributed by atoms with Crippen LogP contribution in [0.5, 0.6) is 0 Å². The molecule has 0 saturated heterocycles. The summed E-state index contributed by atoms with van der Waals surface area (Å²) in [5.41, 5.74) is 5.89. The summed E-state index contributed by atoms with van der Waals surface area (Å²) in [6, 6.07) is -0.296. The number of aromatic nitrogens is 1. The molecule has 0 aliphatic carbocycles. The molecule has 1 unspecified atom stereocenters. The fraction of sp³-hybridized carbons (Fsp3) is 0.636. The van der Waals surface area contributed by atoms with E-state index in [1.54, 1.807) is 0 Å². The lowest BCUT2D eigenvalue weighted by Gasteiger charge is -2.22. The molecular formula is C11H19N3O2S. The quantitative estimate of drug-likeness (QED) is 0.868. The van der Waals surface area contributed by atoms with E-state index in [1.807, 2.05) is 33.1 Å². The normalized spacial score (nSPS) is 13.2. The second kappa shape index (κ2) is 5.46. The number of alkyl carbamates (subject to hydrolysis) is 1. The highest BCUT2D eigenvalue weighted by Crippen LogP contribution is 2.16. The Kier molecular flexibility index (Phi) is 4.47. The first-order valence-corrected chi connectivity index (χ1v) is 6.31. The summed E-state index contributed by atoms with van der Waals surface area (Å²) < 4.78 is 5.17. The number of thiazole rings is 1. The Labute approximate surface area is 105 Å². The molecule has 1 aromatic heterocycles. The molecule has 1 aromatic rings. The molecule has 0 aliphatic rings. The maximum atomic E-state index is 11.6. The third-order valence-corrected chi connectivity index (χ3v) is 2.71. The van der Waals surface area contributed by atoms with Gasteiger partial charge in [-0.05, 0) is 27.7 Å². The lowest BCUT2D eigenvalue weighted by molar-refractivity contribution is 0.0504. The van der Waals surface area contributed by atoms with Crippen LogP contribution in [0.4, 0.5) is 4.79 Å². The summed E-state index contributed by atoms with van der Waals surface area (Å²) in [5.74, 6) is 0. The highest BCUT2D eigenvalue weighted by molar-refractivity contribution is 7.09. The van der Waals surface area contributed by atoms with E-state index in [-0.39, 0.29) is 6.04 Å². The number of carbonyl (C=O) groups is 1. The van der Waals surface area contributed by atoms with Gasteiger partial charge in [-0.25, -0.2) is 9.78 Å². The number of rotatable bonds is 3. The summed E-state index contributed by atoms with van der Waals surface area (Å²) in [7, 11) is 0. The minimum atomic E-state index is -0.513. The molecule has 1 rings (SSSR count). The Morgan fingerprint density at radius 3 is 2.71 bits per heavy atom. The number of nitrogens with one attached hydrogen (secondary N) is 1. The molecule has 0 bridgehead atoms. The van der Waals surface area contributed by atoms with Gasteiger partial charge < -0.3 is 15.8 Å². The number of nitrogens with two attached hydrogens (primary N) is 1. The fourth-order valence-electron chi connectivity index (χ4n) is 1.24. The maximum absolute atomic E-state index is 11.6. The predicted molar refractivity (Wildman–Crippen MR) is 68.0 cm³/mol. The van der Waals surface area contributed by atoms with Crippen molar-refractivity contribution < 1.29 is 9.53 Å². The van der Waals surface area contributed by atoms with Crippen LogP contribution in [0, 0.1) is 6.92 Å². The van der Waals surface area contributed by atoms with Crippen LogP contribution in [0.25, 0.3) is 0 Å². The first kappa shape index (κ1) is 13.9. The Morgan fingerprint density at radius 1 is 1.65 bits per heavy atom. The molecule has 0 spiro atoms. The van der Waals surface area contributed by atoms with E-state index in [0.29, 0.717) is 6.54 Å². The van der Waals surface area contributed by atoms with Crippen molar-refractivity contribution in [1.82, 2.24) is 10.3 Å².